The lowest BCUT2D eigenvalue weighted by molar-refractivity contribution is 0.171. The highest BCUT2D eigenvalue weighted by Gasteiger charge is 2.22. The zero-order valence-corrected chi connectivity index (χ0v) is 14.0. The third-order valence-electron chi connectivity index (χ3n) is 3.56. The van der Waals surface area contributed by atoms with Gasteiger partial charge in [-0.1, -0.05) is 37.6 Å². The summed E-state index contributed by atoms with van der Waals surface area (Å²) in [4.78, 5) is 0.227. The van der Waals surface area contributed by atoms with Gasteiger partial charge in [0.25, 0.3) is 10.1 Å². The summed E-state index contributed by atoms with van der Waals surface area (Å²) in [6.45, 7) is 9.71. The van der Waals surface area contributed by atoms with E-state index in [-0.39, 0.29) is 11.0 Å². The molecule has 0 bridgehead atoms. The molecule has 4 heteroatoms. The largest absolute Gasteiger partial charge is 0.297 e. The van der Waals surface area contributed by atoms with E-state index in [1.807, 2.05) is 19.9 Å². The van der Waals surface area contributed by atoms with Crippen molar-refractivity contribution in [1.82, 2.24) is 0 Å². The quantitative estimate of drug-likeness (QED) is 0.499. The molecule has 0 spiro atoms. The highest BCUT2D eigenvalue weighted by molar-refractivity contribution is 7.86. The molecule has 118 valence electrons. The van der Waals surface area contributed by atoms with Crippen LogP contribution in [0.2, 0.25) is 0 Å². The lowest BCUT2D eigenvalue weighted by Crippen LogP contribution is -2.20. The molecular weight excluding hydrogens is 284 g/mol. The number of rotatable bonds is 9. The SMILES string of the molecule is C=CCC[C@@H](C)CC(CC)OS(=O)(=O)c1ccc(C)cc1. The molecule has 0 fully saturated rings. The summed E-state index contributed by atoms with van der Waals surface area (Å²) in [6.07, 6.45) is 5.01. The highest BCUT2D eigenvalue weighted by Crippen LogP contribution is 2.22. The number of allylic oxidation sites excluding steroid dienone is 1. The third kappa shape index (κ3) is 6.02. The van der Waals surface area contributed by atoms with Gasteiger partial charge in [0.2, 0.25) is 0 Å². The molecule has 0 radical (unpaired) electrons. The Bertz CT molecular complexity index is 532. The maximum atomic E-state index is 12.3. The fraction of sp³-hybridized carbons (Fsp3) is 0.529. The van der Waals surface area contributed by atoms with E-state index in [0.29, 0.717) is 12.3 Å². The number of aryl methyl sites for hydroxylation is 1. The zero-order chi connectivity index (χ0) is 15.9. The van der Waals surface area contributed by atoms with Gasteiger partial charge in [0.1, 0.15) is 0 Å². The first kappa shape index (κ1) is 17.9. The van der Waals surface area contributed by atoms with Crippen LogP contribution in [0.1, 0.15) is 45.1 Å². The minimum absolute atomic E-state index is 0.227. The Kier molecular flexibility index (Phi) is 7.12. The summed E-state index contributed by atoms with van der Waals surface area (Å²) in [7, 11) is -3.67. The second kappa shape index (κ2) is 8.35. The molecule has 21 heavy (non-hydrogen) atoms. The van der Waals surface area contributed by atoms with Crippen LogP contribution in [0, 0.1) is 12.8 Å². The molecule has 1 unspecified atom stereocenters. The van der Waals surface area contributed by atoms with Crippen molar-refractivity contribution in [3.63, 3.8) is 0 Å². The molecule has 0 aliphatic rings. The summed E-state index contributed by atoms with van der Waals surface area (Å²) in [5.41, 5.74) is 1.03. The molecule has 0 aromatic heterocycles. The Balaban J connectivity index is 2.70. The van der Waals surface area contributed by atoms with Gasteiger partial charge in [-0.3, -0.25) is 4.18 Å². The number of hydrogen-bond acceptors (Lipinski definition) is 3. The van der Waals surface area contributed by atoms with Crippen molar-refractivity contribution >= 4 is 10.1 Å². The molecule has 0 heterocycles. The molecule has 1 aromatic rings. The van der Waals surface area contributed by atoms with E-state index in [1.165, 1.54) is 0 Å². The number of hydrogen-bond donors (Lipinski definition) is 0. The van der Waals surface area contributed by atoms with Crippen molar-refractivity contribution < 1.29 is 12.6 Å². The summed E-state index contributed by atoms with van der Waals surface area (Å²) >= 11 is 0. The molecule has 0 saturated carbocycles. The lowest BCUT2D eigenvalue weighted by atomic mass is 9.97. The Morgan fingerprint density at radius 1 is 1.29 bits per heavy atom. The van der Waals surface area contributed by atoms with Crippen LogP contribution in [-0.4, -0.2) is 14.5 Å². The molecule has 0 saturated heterocycles. The highest BCUT2D eigenvalue weighted by atomic mass is 32.2. The van der Waals surface area contributed by atoms with E-state index in [2.05, 4.69) is 13.5 Å². The van der Waals surface area contributed by atoms with E-state index >= 15 is 0 Å². The maximum absolute atomic E-state index is 12.3. The van der Waals surface area contributed by atoms with Crippen LogP contribution < -0.4 is 0 Å². The first-order valence-electron chi connectivity index (χ1n) is 7.50. The van der Waals surface area contributed by atoms with E-state index in [1.54, 1.807) is 24.3 Å². The summed E-state index contributed by atoms with van der Waals surface area (Å²) < 4.78 is 29.9. The van der Waals surface area contributed by atoms with Crippen molar-refractivity contribution in [3.05, 3.63) is 42.5 Å². The molecule has 0 aliphatic carbocycles. The maximum Gasteiger partial charge on any atom is 0.297 e. The van der Waals surface area contributed by atoms with E-state index in [9.17, 15) is 8.42 Å². The lowest BCUT2D eigenvalue weighted by Gasteiger charge is -2.19. The Morgan fingerprint density at radius 2 is 1.90 bits per heavy atom. The first-order valence-corrected chi connectivity index (χ1v) is 8.90. The minimum Gasteiger partial charge on any atom is -0.263 e. The molecule has 1 rings (SSSR count). The fourth-order valence-electron chi connectivity index (χ4n) is 2.18. The smallest absolute Gasteiger partial charge is 0.263 e. The molecular formula is C17H26O3S. The third-order valence-corrected chi connectivity index (χ3v) is 4.93. The van der Waals surface area contributed by atoms with Crippen molar-refractivity contribution in [1.29, 1.82) is 0 Å². The topological polar surface area (TPSA) is 43.4 Å². The average molecular weight is 310 g/mol. The van der Waals surface area contributed by atoms with Gasteiger partial charge in [-0.05, 0) is 50.7 Å². The van der Waals surface area contributed by atoms with Crippen molar-refractivity contribution in [2.75, 3.05) is 0 Å². The second-order valence-corrected chi connectivity index (χ2v) is 7.17. The van der Waals surface area contributed by atoms with Crippen molar-refractivity contribution in [3.8, 4) is 0 Å². The van der Waals surface area contributed by atoms with Gasteiger partial charge in [0.15, 0.2) is 0 Å². The van der Waals surface area contributed by atoms with Crippen LogP contribution >= 0.6 is 0 Å². The minimum atomic E-state index is -3.67. The van der Waals surface area contributed by atoms with Gasteiger partial charge >= 0.3 is 0 Å². The van der Waals surface area contributed by atoms with Crippen molar-refractivity contribution in [2.24, 2.45) is 5.92 Å². The van der Waals surface area contributed by atoms with Gasteiger partial charge in [-0.15, -0.1) is 6.58 Å². The zero-order valence-electron chi connectivity index (χ0n) is 13.2. The van der Waals surface area contributed by atoms with Gasteiger partial charge in [0, 0.05) is 0 Å². The Labute approximate surface area is 129 Å². The molecule has 0 aliphatic heterocycles. The molecule has 0 N–H and O–H groups in total. The molecule has 3 nitrogen and oxygen atoms in total. The van der Waals surface area contributed by atoms with Crippen LogP contribution in [0.3, 0.4) is 0 Å². The monoisotopic (exact) mass is 310 g/mol. The van der Waals surface area contributed by atoms with Crippen LogP contribution in [0.25, 0.3) is 0 Å². The summed E-state index contributed by atoms with van der Waals surface area (Å²) in [5.74, 6) is 0.418. The Hall–Kier alpha value is -1.13. The van der Waals surface area contributed by atoms with Gasteiger partial charge in [-0.25, -0.2) is 0 Å². The fourth-order valence-corrected chi connectivity index (χ4v) is 3.34. The standard InChI is InChI=1S/C17H26O3S/c1-5-7-8-15(4)13-16(6-2)20-21(18,19)17-11-9-14(3)10-12-17/h5,9-12,15-16H,1,6-8,13H2,2-4H3/t15-,16?/m1/s1. The van der Waals surface area contributed by atoms with Gasteiger partial charge in [-0.2, -0.15) is 8.42 Å². The predicted octanol–water partition coefficient (Wildman–Crippen LogP) is 4.47. The normalized spacial score (nSPS) is 14.6. The van der Waals surface area contributed by atoms with E-state index < -0.39 is 10.1 Å². The van der Waals surface area contributed by atoms with Crippen LogP contribution in [-0.2, 0) is 14.3 Å². The predicted molar refractivity (Wildman–Crippen MR) is 86.7 cm³/mol. The van der Waals surface area contributed by atoms with Crippen LogP contribution in [0.4, 0.5) is 0 Å². The van der Waals surface area contributed by atoms with E-state index in [0.717, 1.165) is 24.8 Å². The van der Waals surface area contributed by atoms with Crippen LogP contribution in [0.5, 0.6) is 0 Å². The molecule has 0 amide bonds. The number of benzene rings is 1. The summed E-state index contributed by atoms with van der Waals surface area (Å²) in [5, 5.41) is 0. The Morgan fingerprint density at radius 3 is 2.43 bits per heavy atom. The van der Waals surface area contributed by atoms with Gasteiger partial charge < -0.3 is 0 Å². The average Bonchev–Trinajstić information content (AvgIpc) is 2.44. The second-order valence-electron chi connectivity index (χ2n) is 5.60. The van der Waals surface area contributed by atoms with Crippen molar-refractivity contribution in [2.45, 2.75) is 57.5 Å². The summed E-state index contributed by atoms with van der Waals surface area (Å²) in [6, 6.07) is 6.75. The van der Waals surface area contributed by atoms with Crippen LogP contribution in [0.15, 0.2) is 41.8 Å². The van der Waals surface area contributed by atoms with E-state index in [4.69, 9.17) is 4.18 Å². The molecule has 1 aromatic carbocycles. The first-order chi connectivity index (χ1) is 9.89. The van der Waals surface area contributed by atoms with Gasteiger partial charge in [0.05, 0.1) is 11.0 Å². The molecule has 2 atom stereocenters.